The van der Waals surface area contributed by atoms with Crippen molar-refractivity contribution in [3.05, 3.63) is 0 Å². The average molecular weight is 166 g/mol. The predicted molar refractivity (Wildman–Crippen MR) is 34.7 cm³/mol. The molecular formula is C4H9NO4P+. The van der Waals surface area contributed by atoms with E-state index in [0.29, 0.717) is 0 Å². The Morgan fingerprint density at radius 1 is 1.90 bits per heavy atom. The van der Waals surface area contributed by atoms with Gasteiger partial charge in [0.05, 0.1) is 7.11 Å². The monoisotopic (exact) mass is 166 g/mol. The fourth-order valence-corrected chi connectivity index (χ4v) is 0.880. The van der Waals surface area contributed by atoms with E-state index in [9.17, 15) is 9.36 Å². The van der Waals surface area contributed by atoms with Crippen LogP contribution in [-0.2, 0) is 14.1 Å². The molecule has 5 nitrogen and oxygen atoms in total. The highest BCUT2D eigenvalue weighted by Gasteiger charge is 2.24. The molecule has 0 bridgehead atoms. The third-order valence-electron chi connectivity index (χ3n) is 0.857. The standard InChI is InChI=1S/C4H8NO4P/c1-9-4(6)3(5)2-10(7)8/h3H,2,5H2,1H3/p+1. The summed E-state index contributed by atoms with van der Waals surface area (Å²) in [6.45, 7) is 0. The smallest absolute Gasteiger partial charge is 0.468 e. The fraction of sp³-hybridized carbons (Fsp3) is 0.750. The molecule has 0 saturated carbocycles. The lowest BCUT2D eigenvalue weighted by Crippen LogP contribution is -2.33. The zero-order valence-electron chi connectivity index (χ0n) is 5.48. The Morgan fingerprint density at radius 3 is 2.70 bits per heavy atom. The van der Waals surface area contributed by atoms with Crippen molar-refractivity contribution in [2.75, 3.05) is 13.3 Å². The summed E-state index contributed by atoms with van der Waals surface area (Å²) in [6, 6.07) is -0.987. The number of methoxy groups -OCH3 is 1. The molecule has 0 amide bonds. The second-order valence-corrected chi connectivity index (χ2v) is 2.73. The molecule has 0 aromatic carbocycles. The van der Waals surface area contributed by atoms with Crippen LogP contribution in [0.5, 0.6) is 0 Å². The van der Waals surface area contributed by atoms with Gasteiger partial charge in [-0.1, -0.05) is 0 Å². The third-order valence-corrected chi connectivity index (χ3v) is 1.56. The summed E-state index contributed by atoms with van der Waals surface area (Å²) in [5, 5.41) is 0. The molecule has 0 aromatic rings. The first-order chi connectivity index (χ1) is 4.57. The van der Waals surface area contributed by atoms with Crippen LogP contribution in [0.25, 0.3) is 0 Å². The number of rotatable bonds is 3. The van der Waals surface area contributed by atoms with Crippen molar-refractivity contribution in [1.29, 1.82) is 0 Å². The minimum atomic E-state index is -2.35. The van der Waals surface area contributed by atoms with Gasteiger partial charge < -0.3 is 10.5 Å². The van der Waals surface area contributed by atoms with Crippen LogP contribution in [0.15, 0.2) is 0 Å². The van der Waals surface area contributed by atoms with E-state index in [1.54, 1.807) is 0 Å². The van der Waals surface area contributed by atoms with Gasteiger partial charge >= 0.3 is 14.0 Å². The van der Waals surface area contributed by atoms with Crippen molar-refractivity contribution >= 4 is 14.0 Å². The zero-order chi connectivity index (χ0) is 8.15. The average Bonchev–Trinajstić information content (AvgIpc) is 1.85. The summed E-state index contributed by atoms with van der Waals surface area (Å²) in [6.07, 6.45) is -0.248. The van der Waals surface area contributed by atoms with Crippen LogP contribution in [-0.4, -0.2) is 30.2 Å². The van der Waals surface area contributed by atoms with Gasteiger partial charge in [-0.25, -0.2) is 0 Å². The van der Waals surface area contributed by atoms with Gasteiger partial charge in [-0.15, -0.1) is 0 Å². The molecule has 58 valence electrons. The summed E-state index contributed by atoms with van der Waals surface area (Å²) < 4.78 is 14.3. The molecule has 0 aliphatic carbocycles. The van der Waals surface area contributed by atoms with E-state index in [1.807, 2.05) is 0 Å². The maximum Gasteiger partial charge on any atom is 0.507 e. The molecule has 0 rings (SSSR count). The topological polar surface area (TPSA) is 89.6 Å². The lowest BCUT2D eigenvalue weighted by atomic mass is 10.4. The van der Waals surface area contributed by atoms with E-state index in [2.05, 4.69) is 4.74 Å². The highest BCUT2D eigenvalue weighted by atomic mass is 31.1. The number of carbonyl (C=O) groups excluding carboxylic acids is 1. The number of hydrogen-bond donors (Lipinski definition) is 2. The van der Waals surface area contributed by atoms with Gasteiger partial charge in [0.1, 0.15) is 0 Å². The number of esters is 1. The molecule has 10 heavy (non-hydrogen) atoms. The van der Waals surface area contributed by atoms with E-state index in [1.165, 1.54) is 7.11 Å². The van der Waals surface area contributed by atoms with Gasteiger partial charge in [-0.05, 0) is 4.57 Å². The summed E-state index contributed by atoms with van der Waals surface area (Å²) in [4.78, 5) is 18.7. The molecule has 0 aromatic heterocycles. The molecule has 0 fully saturated rings. The van der Waals surface area contributed by atoms with Crippen LogP contribution in [0.3, 0.4) is 0 Å². The number of ether oxygens (including phenoxy) is 1. The van der Waals surface area contributed by atoms with E-state index in [-0.39, 0.29) is 6.16 Å². The predicted octanol–water partition coefficient (Wildman–Crippen LogP) is -0.779. The molecule has 3 N–H and O–H groups in total. The molecular weight excluding hydrogens is 157 g/mol. The summed E-state index contributed by atoms with van der Waals surface area (Å²) >= 11 is 0. The minimum Gasteiger partial charge on any atom is -0.468 e. The van der Waals surface area contributed by atoms with Gasteiger partial charge in [0.2, 0.25) is 6.16 Å². The van der Waals surface area contributed by atoms with Crippen molar-refractivity contribution in [1.82, 2.24) is 0 Å². The molecule has 6 heteroatoms. The molecule has 0 aliphatic heterocycles. The van der Waals surface area contributed by atoms with Crippen LogP contribution in [0.4, 0.5) is 0 Å². The second kappa shape index (κ2) is 4.33. The van der Waals surface area contributed by atoms with Crippen molar-refractivity contribution in [3.63, 3.8) is 0 Å². The summed E-state index contributed by atoms with van der Waals surface area (Å²) in [7, 11) is -1.18. The van der Waals surface area contributed by atoms with E-state index >= 15 is 0 Å². The second-order valence-electron chi connectivity index (χ2n) is 1.66. The maximum atomic E-state index is 10.5. The molecule has 0 saturated heterocycles. The van der Waals surface area contributed by atoms with Crippen molar-refractivity contribution in [2.24, 2.45) is 5.73 Å². The molecule has 2 atom stereocenters. The first-order valence-corrected chi connectivity index (χ1v) is 3.94. The van der Waals surface area contributed by atoms with Crippen molar-refractivity contribution in [3.8, 4) is 0 Å². The zero-order valence-corrected chi connectivity index (χ0v) is 6.38. The largest absolute Gasteiger partial charge is 0.507 e. The Balaban J connectivity index is 3.72. The summed E-state index contributed by atoms with van der Waals surface area (Å²) in [5.41, 5.74) is 5.11. The van der Waals surface area contributed by atoms with Crippen LogP contribution in [0.2, 0.25) is 0 Å². The quantitative estimate of drug-likeness (QED) is 0.424. The van der Waals surface area contributed by atoms with Gasteiger partial charge in [-0.2, -0.15) is 4.89 Å². The van der Waals surface area contributed by atoms with E-state index < -0.39 is 20.0 Å². The highest BCUT2D eigenvalue weighted by Crippen LogP contribution is 2.13. The van der Waals surface area contributed by atoms with Gasteiger partial charge in [0.15, 0.2) is 6.04 Å². The summed E-state index contributed by atoms with van der Waals surface area (Å²) in [5.74, 6) is -0.669. The Bertz CT molecular complexity index is 148. The lowest BCUT2D eigenvalue weighted by Gasteiger charge is -1.99. The Hall–Kier alpha value is -0.510. The molecule has 0 heterocycles. The van der Waals surface area contributed by atoms with Crippen LogP contribution in [0, 0.1) is 0 Å². The van der Waals surface area contributed by atoms with Crippen molar-refractivity contribution < 1.29 is 19.0 Å². The maximum absolute atomic E-state index is 10.5. The molecule has 0 spiro atoms. The Kier molecular flexibility index (Phi) is 4.11. The van der Waals surface area contributed by atoms with Crippen LogP contribution >= 0.6 is 8.03 Å². The number of nitrogens with two attached hydrogens (primary N) is 1. The van der Waals surface area contributed by atoms with Gasteiger partial charge in [0, 0.05) is 0 Å². The van der Waals surface area contributed by atoms with E-state index in [0.717, 1.165) is 0 Å². The first kappa shape index (κ1) is 9.49. The first-order valence-electron chi connectivity index (χ1n) is 2.55. The van der Waals surface area contributed by atoms with Crippen LogP contribution in [0.1, 0.15) is 0 Å². The van der Waals surface area contributed by atoms with Crippen LogP contribution < -0.4 is 5.73 Å². The molecule has 0 aliphatic rings. The highest BCUT2D eigenvalue weighted by molar-refractivity contribution is 7.38. The third kappa shape index (κ3) is 3.50. The lowest BCUT2D eigenvalue weighted by molar-refractivity contribution is -0.141. The van der Waals surface area contributed by atoms with Gasteiger partial charge in [0.25, 0.3) is 0 Å². The van der Waals surface area contributed by atoms with Crippen molar-refractivity contribution in [2.45, 2.75) is 6.04 Å². The number of carbonyl (C=O) groups is 1. The fourth-order valence-electron chi connectivity index (χ4n) is 0.394. The molecule has 0 radical (unpaired) electrons. The Morgan fingerprint density at radius 2 is 2.40 bits per heavy atom. The van der Waals surface area contributed by atoms with Gasteiger partial charge in [-0.3, -0.25) is 4.79 Å². The normalized spacial score (nSPS) is 14.1. The Labute approximate surface area is 59.0 Å². The number of hydrogen-bond acceptors (Lipinski definition) is 4. The minimum absolute atomic E-state index is 0.248. The molecule has 2 unspecified atom stereocenters. The SMILES string of the molecule is COC(=O)C(N)C[P+](=O)O. The van der Waals surface area contributed by atoms with E-state index in [4.69, 9.17) is 10.6 Å².